The Labute approximate surface area is 158 Å². The maximum Gasteiger partial charge on any atom is 0.341 e. The van der Waals surface area contributed by atoms with Crippen molar-refractivity contribution in [3.05, 3.63) is 59.5 Å². The summed E-state index contributed by atoms with van der Waals surface area (Å²) in [5.74, 6) is -4.61. The molecule has 0 aliphatic rings. The number of esters is 1. The number of pyridine rings is 1. The highest BCUT2D eigenvalue weighted by molar-refractivity contribution is 7.99. The van der Waals surface area contributed by atoms with Crippen molar-refractivity contribution in [2.45, 2.75) is 30.4 Å². The molecular weight excluding hydrogens is 381 g/mol. The quantitative estimate of drug-likeness (QED) is 0.525. The number of nitrogens with zero attached hydrogens (tertiary/aromatic N) is 2. The molecule has 0 radical (unpaired) electrons. The van der Waals surface area contributed by atoms with Crippen molar-refractivity contribution < 1.29 is 27.5 Å². The first-order valence-corrected chi connectivity index (χ1v) is 8.76. The molecule has 2 aromatic rings. The zero-order chi connectivity index (χ0) is 20.0. The number of alkyl halides is 2. The second kappa shape index (κ2) is 9.40. The molecular formula is C18H17F3N2O3S. The van der Waals surface area contributed by atoms with E-state index in [2.05, 4.69) is 4.98 Å². The van der Waals surface area contributed by atoms with Gasteiger partial charge in [0.2, 0.25) is 0 Å². The summed E-state index contributed by atoms with van der Waals surface area (Å²) >= 11 is 0.122. The molecule has 1 aromatic heterocycles. The highest BCUT2D eigenvalue weighted by Gasteiger charge is 2.25. The number of likely N-dealkylation sites (N-methyl/N-ethyl adjacent to an activating group) is 1. The van der Waals surface area contributed by atoms with Crippen LogP contribution in [0.3, 0.4) is 0 Å². The number of halogens is 3. The van der Waals surface area contributed by atoms with Gasteiger partial charge in [0.05, 0.1) is 5.56 Å². The minimum Gasteiger partial charge on any atom is -0.449 e. The number of ether oxygens (including phenoxy) is 1. The molecule has 1 amide bonds. The van der Waals surface area contributed by atoms with Crippen molar-refractivity contribution in [1.82, 2.24) is 9.88 Å². The second-order valence-corrected chi connectivity index (χ2v) is 6.59. The minimum atomic E-state index is -2.75. The van der Waals surface area contributed by atoms with Crippen molar-refractivity contribution in [3.8, 4) is 0 Å². The fourth-order valence-corrected chi connectivity index (χ4v) is 2.87. The Bertz CT molecular complexity index is 820. The van der Waals surface area contributed by atoms with Gasteiger partial charge in [-0.3, -0.25) is 4.79 Å². The number of hydrogen-bond acceptors (Lipinski definition) is 5. The van der Waals surface area contributed by atoms with E-state index in [1.165, 1.54) is 55.4 Å². The molecule has 0 aliphatic heterocycles. The third-order valence-electron chi connectivity index (χ3n) is 3.51. The Hall–Kier alpha value is -2.55. The van der Waals surface area contributed by atoms with E-state index in [1.807, 2.05) is 0 Å². The smallest absolute Gasteiger partial charge is 0.341 e. The molecule has 0 fully saturated rings. The van der Waals surface area contributed by atoms with Crippen LogP contribution in [0.1, 0.15) is 22.8 Å². The van der Waals surface area contributed by atoms with E-state index in [0.29, 0.717) is 5.56 Å². The van der Waals surface area contributed by atoms with Gasteiger partial charge in [-0.25, -0.2) is 14.2 Å². The van der Waals surface area contributed by atoms with Gasteiger partial charge in [0.1, 0.15) is 10.8 Å². The molecule has 0 saturated carbocycles. The number of rotatable bonds is 7. The lowest BCUT2D eigenvalue weighted by Gasteiger charge is -2.22. The highest BCUT2D eigenvalue weighted by Crippen LogP contribution is 2.27. The van der Waals surface area contributed by atoms with Crippen molar-refractivity contribution >= 4 is 23.6 Å². The summed E-state index contributed by atoms with van der Waals surface area (Å²) in [5.41, 5.74) is 0.433. The van der Waals surface area contributed by atoms with Crippen LogP contribution in [0.15, 0.2) is 47.6 Å². The molecule has 2 rings (SSSR count). The van der Waals surface area contributed by atoms with Gasteiger partial charge in [-0.15, -0.1) is 0 Å². The molecule has 0 aliphatic carbocycles. The summed E-state index contributed by atoms with van der Waals surface area (Å²) in [6.45, 7) is 1.50. The van der Waals surface area contributed by atoms with Gasteiger partial charge in [-0.1, -0.05) is 12.1 Å². The number of carbonyl (C=O) groups is 2. The summed E-state index contributed by atoms with van der Waals surface area (Å²) in [5, 5.41) is -0.176. The zero-order valence-corrected chi connectivity index (χ0v) is 15.4. The Morgan fingerprint density at radius 1 is 1.26 bits per heavy atom. The highest BCUT2D eigenvalue weighted by atomic mass is 32.2. The lowest BCUT2D eigenvalue weighted by molar-refractivity contribution is -0.139. The van der Waals surface area contributed by atoms with Crippen molar-refractivity contribution in [2.75, 3.05) is 7.05 Å². The summed E-state index contributed by atoms with van der Waals surface area (Å²) < 4.78 is 43.5. The normalized spacial score (nSPS) is 11.9. The Kier molecular flexibility index (Phi) is 7.23. The zero-order valence-electron chi connectivity index (χ0n) is 14.6. The van der Waals surface area contributed by atoms with Gasteiger partial charge in [0.15, 0.2) is 6.10 Å². The molecule has 144 valence electrons. The van der Waals surface area contributed by atoms with Crippen LogP contribution >= 0.6 is 11.8 Å². The van der Waals surface area contributed by atoms with Crippen molar-refractivity contribution in [1.29, 1.82) is 0 Å². The number of aromatic nitrogens is 1. The van der Waals surface area contributed by atoms with E-state index in [9.17, 15) is 22.8 Å². The molecule has 9 heteroatoms. The first-order chi connectivity index (χ1) is 12.8. The summed E-state index contributed by atoms with van der Waals surface area (Å²) in [4.78, 5) is 29.6. The average molecular weight is 398 g/mol. The first-order valence-electron chi connectivity index (χ1n) is 7.88. The predicted molar refractivity (Wildman–Crippen MR) is 93.8 cm³/mol. The SMILES string of the molecule is CC(OC(=O)c1cccnc1SC(F)F)C(=O)N(C)Cc1cccc(F)c1. The molecule has 0 N–H and O–H groups in total. The van der Waals surface area contributed by atoms with Gasteiger partial charge < -0.3 is 9.64 Å². The van der Waals surface area contributed by atoms with Crippen LogP contribution in [0.5, 0.6) is 0 Å². The van der Waals surface area contributed by atoms with E-state index in [0.717, 1.165) is 0 Å². The van der Waals surface area contributed by atoms with Crippen LogP contribution in [-0.4, -0.2) is 40.7 Å². The average Bonchev–Trinajstić information content (AvgIpc) is 2.60. The molecule has 5 nitrogen and oxygen atoms in total. The van der Waals surface area contributed by atoms with Crippen LogP contribution in [0, 0.1) is 5.82 Å². The lowest BCUT2D eigenvalue weighted by atomic mass is 10.2. The molecule has 0 spiro atoms. The Balaban J connectivity index is 2.02. The van der Waals surface area contributed by atoms with Crippen LogP contribution in [0.25, 0.3) is 0 Å². The third-order valence-corrected chi connectivity index (χ3v) is 4.24. The summed E-state index contributed by atoms with van der Waals surface area (Å²) in [7, 11) is 1.49. The van der Waals surface area contributed by atoms with Gasteiger partial charge in [-0.2, -0.15) is 8.78 Å². The summed E-state index contributed by atoms with van der Waals surface area (Å²) in [6, 6.07) is 8.48. The fourth-order valence-electron chi connectivity index (χ4n) is 2.30. The maximum atomic E-state index is 13.2. The van der Waals surface area contributed by atoms with Gasteiger partial charge in [-0.05, 0) is 48.5 Å². The lowest BCUT2D eigenvalue weighted by Crippen LogP contribution is -2.37. The monoisotopic (exact) mass is 398 g/mol. The fraction of sp³-hybridized carbons (Fsp3) is 0.278. The molecule has 0 saturated heterocycles. The van der Waals surface area contributed by atoms with Crippen molar-refractivity contribution in [2.24, 2.45) is 0 Å². The van der Waals surface area contributed by atoms with Gasteiger partial charge in [0.25, 0.3) is 11.7 Å². The van der Waals surface area contributed by atoms with Crippen LogP contribution in [0.2, 0.25) is 0 Å². The van der Waals surface area contributed by atoms with Gasteiger partial charge >= 0.3 is 5.97 Å². The van der Waals surface area contributed by atoms with Crippen LogP contribution in [0.4, 0.5) is 13.2 Å². The number of amides is 1. The van der Waals surface area contributed by atoms with E-state index in [-0.39, 0.29) is 28.9 Å². The topological polar surface area (TPSA) is 59.5 Å². The molecule has 27 heavy (non-hydrogen) atoms. The molecule has 1 heterocycles. The second-order valence-electron chi connectivity index (χ2n) is 5.61. The van der Waals surface area contributed by atoms with Crippen LogP contribution < -0.4 is 0 Å². The van der Waals surface area contributed by atoms with E-state index < -0.39 is 29.6 Å². The molecule has 0 bridgehead atoms. The molecule has 1 aromatic carbocycles. The molecule has 1 unspecified atom stereocenters. The third kappa shape index (κ3) is 5.99. The van der Waals surface area contributed by atoms with Crippen molar-refractivity contribution in [3.63, 3.8) is 0 Å². The Morgan fingerprint density at radius 2 is 2.00 bits per heavy atom. The Morgan fingerprint density at radius 3 is 2.67 bits per heavy atom. The van der Waals surface area contributed by atoms with Gasteiger partial charge in [0, 0.05) is 19.8 Å². The number of benzene rings is 1. The first kappa shape index (κ1) is 20.8. The van der Waals surface area contributed by atoms with E-state index in [1.54, 1.807) is 6.07 Å². The summed E-state index contributed by atoms with van der Waals surface area (Å²) in [6.07, 6.45) is 0.128. The predicted octanol–water partition coefficient (Wildman–Crippen LogP) is 3.74. The van der Waals surface area contributed by atoms with E-state index in [4.69, 9.17) is 4.74 Å². The number of hydrogen-bond donors (Lipinski definition) is 0. The standard InChI is InChI=1S/C18H17F3N2O3S/c1-11(16(24)23(2)10-12-5-3-6-13(19)9-12)26-17(25)14-7-4-8-22-15(14)27-18(20)21/h3-9,11,18H,10H2,1-2H3. The van der Waals surface area contributed by atoms with Crippen LogP contribution in [-0.2, 0) is 16.1 Å². The molecule has 1 atom stereocenters. The minimum absolute atomic E-state index is 0.122. The number of carbonyl (C=O) groups excluding carboxylic acids is 2. The largest absolute Gasteiger partial charge is 0.449 e. The van der Waals surface area contributed by atoms with E-state index >= 15 is 0 Å². The maximum absolute atomic E-state index is 13.2. The number of thioether (sulfide) groups is 1.